The monoisotopic (exact) mass is 361 g/mol. The van der Waals surface area contributed by atoms with Crippen LogP contribution in [0.5, 0.6) is 0 Å². The molecular weight excluding hydrogens is 342 g/mol. The lowest BCUT2D eigenvalue weighted by Gasteiger charge is -2.23. The van der Waals surface area contributed by atoms with E-state index in [9.17, 15) is 9.59 Å². The van der Waals surface area contributed by atoms with E-state index < -0.39 is 11.6 Å². The second kappa shape index (κ2) is 7.47. The van der Waals surface area contributed by atoms with E-state index in [0.717, 1.165) is 16.6 Å². The average Bonchev–Trinajstić information content (AvgIpc) is 2.46. The molecule has 0 saturated heterocycles. The molecule has 0 amide bonds. The van der Waals surface area contributed by atoms with Gasteiger partial charge in [-0.05, 0) is 0 Å². The summed E-state index contributed by atoms with van der Waals surface area (Å²) in [6, 6.07) is 15.9. The van der Waals surface area contributed by atoms with E-state index in [-0.39, 0.29) is 17.0 Å². The van der Waals surface area contributed by atoms with E-state index in [4.69, 9.17) is 0 Å². The molecule has 0 unspecified atom stereocenters. The molecule has 2 rings (SSSR count). The van der Waals surface area contributed by atoms with Gasteiger partial charge in [-0.2, -0.15) is 0 Å². The molecular formula is C18H20BrNO2. The molecule has 0 aliphatic rings. The van der Waals surface area contributed by atoms with E-state index in [2.05, 4.69) is 21.1 Å². The molecule has 0 saturated carbocycles. The first-order valence-electron chi connectivity index (χ1n) is 6.90. The number of nitrogens with zero attached hydrogens (tertiary/aromatic N) is 1. The van der Waals surface area contributed by atoms with Crippen molar-refractivity contribution in [2.75, 3.05) is 21.1 Å². The maximum absolute atomic E-state index is 12.2. The Morgan fingerprint density at radius 3 is 1.68 bits per heavy atom. The van der Waals surface area contributed by atoms with Crippen LogP contribution in [0.2, 0.25) is 0 Å². The summed E-state index contributed by atoms with van der Waals surface area (Å²) in [7, 11) is 6.33. The van der Waals surface area contributed by atoms with Crippen LogP contribution in [0.15, 0.2) is 54.6 Å². The van der Waals surface area contributed by atoms with E-state index in [0.29, 0.717) is 11.1 Å². The summed E-state index contributed by atoms with van der Waals surface area (Å²) in [6.07, 6.45) is 0. The van der Waals surface area contributed by atoms with Crippen molar-refractivity contribution in [3.63, 3.8) is 0 Å². The van der Waals surface area contributed by atoms with Crippen LogP contribution in [0.3, 0.4) is 0 Å². The van der Waals surface area contributed by atoms with Crippen molar-refractivity contribution in [3.05, 3.63) is 71.3 Å². The highest BCUT2D eigenvalue weighted by Gasteiger charge is 2.18. The Labute approximate surface area is 141 Å². The van der Waals surface area contributed by atoms with E-state index in [1.807, 2.05) is 18.2 Å². The van der Waals surface area contributed by atoms with Crippen LogP contribution in [0.25, 0.3) is 0 Å². The molecule has 0 aliphatic heterocycles. The minimum absolute atomic E-state index is 0. The molecule has 0 N–H and O–H groups in total. The highest BCUT2D eigenvalue weighted by Crippen LogP contribution is 2.12. The number of hydrogen-bond donors (Lipinski definition) is 0. The lowest BCUT2D eigenvalue weighted by molar-refractivity contribution is -0.884. The maximum atomic E-state index is 12.2. The Morgan fingerprint density at radius 1 is 0.773 bits per heavy atom. The quantitative estimate of drug-likeness (QED) is 0.425. The topological polar surface area (TPSA) is 34.1 Å². The molecule has 0 aromatic heterocycles. The smallest absolute Gasteiger partial charge is 0.233 e. The largest absolute Gasteiger partial charge is 1.00 e. The van der Waals surface area contributed by atoms with Crippen LogP contribution in [0, 0.1) is 0 Å². The first kappa shape index (κ1) is 18.3. The third-order valence-corrected chi connectivity index (χ3v) is 3.12. The Bertz CT molecular complexity index is 643. The standard InChI is InChI=1S/C18H20NO2.BrH/c1-19(2,3)13-14-9-11-16(12-10-14)18(21)17(20)15-7-5-4-6-8-15;/h4-12H,13H2,1-3H3;1H/q+1;/p-1. The first-order chi connectivity index (χ1) is 9.87. The number of halogens is 1. The van der Waals surface area contributed by atoms with Crippen molar-refractivity contribution in [2.24, 2.45) is 0 Å². The predicted octanol–water partition coefficient (Wildman–Crippen LogP) is -0.0376. The summed E-state index contributed by atoms with van der Waals surface area (Å²) in [5.41, 5.74) is 2.01. The average molecular weight is 362 g/mol. The molecule has 0 bridgehead atoms. The molecule has 0 atom stereocenters. The Balaban J connectivity index is 0.00000242. The number of ketones is 2. The zero-order valence-electron chi connectivity index (χ0n) is 13.0. The van der Waals surface area contributed by atoms with Gasteiger partial charge < -0.3 is 21.5 Å². The fourth-order valence-electron chi connectivity index (χ4n) is 2.16. The van der Waals surface area contributed by atoms with Gasteiger partial charge in [-0.25, -0.2) is 0 Å². The van der Waals surface area contributed by atoms with Crippen molar-refractivity contribution >= 4 is 11.6 Å². The van der Waals surface area contributed by atoms with Gasteiger partial charge in [0, 0.05) is 16.7 Å². The van der Waals surface area contributed by atoms with Crippen LogP contribution >= 0.6 is 0 Å². The molecule has 0 radical (unpaired) electrons. The van der Waals surface area contributed by atoms with Gasteiger partial charge in [0.1, 0.15) is 6.54 Å². The second-order valence-electron chi connectivity index (χ2n) is 6.17. The number of hydrogen-bond acceptors (Lipinski definition) is 2. The number of carbonyl (C=O) groups is 2. The van der Waals surface area contributed by atoms with Gasteiger partial charge in [0.2, 0.25) is 11.6 Å². The van der Waals surface area contributed by atoms with Gasteiger partial charge in [0.05, 0.1) is 21.1 Å². The van der Waals surface area contributed by atoms with Gasteiger partial charge in [-0.15, -0.1) is 0 Å². The summed E-state index contributed by atoms with van der Waals surface area (Å²) in [6.45, 7) is 0.876. The van der Waals surface area contributed by atoms with Crippen LogP contribution in [-0.2, 0) is 6.54 Å². The highest BCUT2D eigenvalue weighted by molar-refractivity contribution is 6.49. The molecule has 2 aromatic carbocycles. The van der Waals surface area contributed by atoms with Crippen molar-refractivity contribution in [1.29, 1.82) is 0 Å². The van der Waals surface area contributed by atoms with Crippen molar-refractivity contribution in [1.82, 2.24) is 0 Å². The molecule has 22 heavy (non-hydrogen) atoms. The number of benzene rings is 2. The Hall–Kier alpha value is -1.78. The third kappa shape index (κ3) is 4.90. The lowest BCUT2D eigenvalue weighted by Crippen LogP contribution is -3.00. The van der Waals surface area contributed by atoms with E-state index in [1.54, 1.807) is 36.4 Å². The van der Waals surface area contributed by atoms with Crippen molar-refractivity contribution in [3.8, 4) is 0 Å². The Kier molecular flexibility index (Phi) is 6.21. The molecule has 2 aromatic rings. The van der Waals surface area contributed by atoms with Crippen LogP contribution in [0.1, 0.15) is 26.3 Å². The van der Waals surface area contributed by atoms with Gasteiger partial charge in [-0.1, -0.05) is 54.6 Å². The Morgan fingerprint density at radius 2 is 1.23 bits per heavy atom. The number of carbonyl (C=O) groups excluding carboxylic acids is 2. The zero-order valence-corrected chi connectivity index (χ0v) is 14.6. The highest BCUT2D eigenvalue weighted by atomic mass is 79.9. The van der Waals surface area contributed by atoms with Crippen LogP contribution < -0.4 is 17.0 Å². The number of quaternary nitrogens is 1. The first-order valence-corrected chi connectivity index (χ1v) is 6.90. The number of Topliss-reactive ketones (excluding diaryl/α,β-unsaturated/α-hetero) is 2. The van der Waals surface area contributed by atoms with Crippen LogP contribution in [0.4, 0.5) is 0 Å². The van der Waals surface area contributed by atoms with Crippen LogP contribution in [-0.4, -0.2) is 37.2 Å². The SMILES string of the molecule is C[N+](C)(C)Cc1ccc(C(=O)C(=O)c2ccccc2)cc1.[Br-]. The lowest BCUT2D eigenvalue weighted by atomic mass is 10.0. The molecule has 0 fully saturated rings. The zero-order chi connectivity index (χ0) is 15.5. The van der Waals surface area contributed by atoms with Gasteiger partial charge in [0.15, 0.2) is 0 Å². The summed E-state index contributed by atoms with van der Waals surface area (Å²) >= 11 is 0. The minimum Gasteiger partial charge on any atom is -1.00 e. The van der Waals surface area contributed by atoms with Gasteiger partial charge in [-0.3, -0.25) is 9.59 Å². The van der Waals surface area contributed by atoms with Gasteiger partial charge in [0.25, 0.3) is 0 Å². The van der Waals surface area contributed by atoms with Crippen molar-refractivity contribution in [2.45, 2.75) is 6.54 Å². The summed E-state index contributed by atoms with van der Waals surface area (Å²) in [4.78, 5) is 24.3. The number of rotatable bonds is 5. The molecule has 3 nitrogen and oxygen atoms in total. The summed E-state index contributed by atoms with van der Waals surface area (Å²) in [5, 5.41) is 0. The third-order valence-electron chi connectivity index (χ3n) is 3.12. The molecule has 4 heteroatoms. The fourth-order valence-corrected chi connectivity index (χ4v) is 2.16. The van der Waals surface area contributed by atoms with E-state index >= 15 is 0 Å². The second-order valence-corrected chi connectivity index (χ2v) is 6.17. The molecule has 0 aliphatic carbocycles. The minimum atomic E-state index is -0.463. The molecule has 116 valence electrons. The van der Waals surface area contributed by atoms with E-state index in [1.165, 1.54) is 0 Å². The molecule has 0 spiro atoms. The maximum Gasteiger partial charge on any atom is 0.233 e. The van der Waals surface area contributed by atoms with Gasteiger partial charge >= 0.3 is 0 Å². The molecule has 0 heterocycles. The normalized spacial score (nSPS) is 10.7. The summed E-state index contributed by atoms with van der Waals surface area (Å²) in [5.74, 6) is -0.923. The van der Waals surface area contributed by atoms with Crippen molar-refractivity contribution < 1.29 is 31.1 Å². The predicted molar refractivity (Wildman–Crippen MR) is 83.3 cm³/mol. The summed E-state index contributed by atoms with van der Waals surface area (Å²) < 4.78 is 0.816. The fraction of sp³-hybridized carbons (Fsp3) is 0.222.